The Kier molecular flexibility index (Phi) is 3.79. The van der Waals surface area contributed by atoms with E-state index in [2.05, 4.69) is 36.8 Å². The molecule has 1 aromatic heterocycles. The molecule has 5 heteroatoms. The summed E-state index contributed by atoms with van der Waals surface area (Å²) in [5.74, 6) is 0. The van der Waals surface area contributed by atoms with Gasteiger partial charge in [-0.2, -0.15) is 0 Å². The summed E-state index contributed by atoms with van der Waals surface area (Å²) in [6.45, 7) is 1.62. The van der Waals surface area contributed by atoms with Crippen molar-refractivity contribution in [1.29, 1.82) is 0 Å². The number of hydrogen-bond acceptors (Lipinski definition) is 1. The molecule has 0 bridgehead atoms. The van der Waals surface area contributed by atoms with E-state index in [9.17, 15) is 8.78 Å². The van der Waals surface area contributed by atoms with E-state index in [0.717, 1.165) is 0 Å². The highest BCUT2D eigenvalue weighted by Gasteiger charge is 2.17. The van der Waals surface area contributed by atoms with E-state index in [1.165, 1.54) is 6.20 Å². The van der Waals surface area contributed by atoms with Gasteiger partial charge in [-0.25, -0.2) is 8.78 Å². The van der Waals surface area contributed by atoms with Gasteiger partial charge in [0.05, 0.1) is 5.69 Å². The van der Waals surface area contributed by atoms with E-state index in [4.69, 9.17) is 0 Å². The molecule has 1 aromatic rings. The Balaban J connectivity index is 3.30. The van der Waals surface area contributed by atoms with Gasteiger partial charge in [-0.05, 0) is 28.4 Å². The third kappa shape index (κ3) is 2.26. The van der Waals surface area contributed by atoms with Crippen molar-refractivity contribution in [3.8, 4) is 0 Å². The van der Waals surface area contributed by atoms with E-state index < -0.39 is 6.43 Å². The predicted octanol–water partition coefficient (Wildman–Crippen LogP) is 3.99. The summed E-state index contributed by atoms with van der Waals surface area (Å²) in [4.78, 5) is 4.01. The zero-order chi connectivity index (χ0) is 10.0. The molecular weight excluding hydrogens is 308 g/mol. The van der Waals surface area contributed by atoms with Crippen molar-refractivity contribution in [2.45, 2.75) is 18.7 Å². The van der Waals surface area contributed by atoms with Crippen LogP contribution in [0.1, 0.15) is 23.2 Å². The van der Waals surface area contributed by atoms with Gasteiger partial charge < -0.3 is 0 Å². The van der Waals surface area contributed by atoms with Crippen LogP contribution in [0.25, 0.3) is 0 Å². The SMILES string of the molecule is Cc1cnc(CBr)c(Br)c1C(F)F. The molecule has 1 heterocycles. The van der Waals surface area contributed by atoms with Gasteiger partial charge in [0.15, 0.2) is 0 Å². The third-order valence-electron chi connectivity index (χ3n) is 1.67. The first kappa shape index (κ1) is 11.0. The quantitative estimate of drug-likeness (QED) is 0.752. The van der Waals surface area contributed by atoms with Crippen molar-refractivity contribution >= 4 is 31.9 Å². The van der Waals surface area contributed by atoms with Gasteiger partial charge in [-0.1, -0.05) is 15.9 Å². The van der Waals surface area contributed by atoms with Gasteiger partial charge in [-0.15, -0.1) is 0 Å². The minimum atomic E-state index is -2.46. The van der Waals surface area contributed by atoms with E-state index >= 15 is 0 Å². The van der Waals surface area contributed by atoms with Gasteiger partial charge in [0.2, 0.25) is 0 Å². The summed E-state index contributed by atoms with van der Waals surface area (Å²) in [5.41, 5.74) is 1.14. The maximum Gasteiger partial charge on any atom is 0.265 e. The average Bonchev–Trinajstić information content (AvgIpc) is 2.04. The molecule has 0 radical (unpaired) electrons. The van der Waals surface area contributed by atoms with Crippen molar-refractivity contribution < 1.29 is 8.78 Å². The van der Waals surface area contributed by atoms with Crippen LogP contribution in [0.5, 0.6) is 0 Å². The molecule has 0 amide bonds. The molecule has 0 aliphatic rings. The number of hydrogen-bond donors (Lipinski definition) is 0. The molecule has 1 nitrogen and oxygen atoms in total. The van der Waals surface area contributed by atoms with Crippen LogP contribution in [0.15, 0.2) is 10.7 Å². The molecular formula is C8H7Br2F2N. The van der Waals surface area contributed by atoms with E-state index in [-0.39, 0.29) is 5.56 Å². The van der Waals surface area contributed by atoms with Crippen LogP contribution in [0, 0.1) is 6.92 Å². The Hall–Kier alpha value is -0.0300. The van der Waals surface area contributed by atoms with Crippen LogP contribution in [-0.2, 0) is 5.33 Å². The summed E-state index contributed by atoms with van der Waals surface area (Å²) >= 11 is 6.30. The van der Waals surface area contributed by atoms with Crippen LogP contribution >= 0.6 is 31.9 Å². The van der Waals surface area contributed by atoms with Crippen molar-refractivity contribution in [3.05, 3.63) is 27.5 Å². The van der Waals surface area contributed by atoms with Gasteiger partial charge in [0.1, 0.15) is 0 Å². The minimum Gasteiger partial charge on any atom is -0.259 e. The average molecular weight is 315 g/mol. The molecule has 72 valence electrons. The van der Waals surface area contributed by atoms with Crippen molar-refractivity contribution in [2.75, 3.05) is 0 Å². The Morgan fingerprint density at radius 3 is 2.62 bits per heavy atom. The molecule has 0 saturated heterocycles. The molecule has 0 unspecified atom stereocenters. The highest BCUT2D eigenvalue weighted by Crippen LogP contribution is 2.32. The molecule has 0 spiro atoms. The zero-order valence-electron chi connectivity index (χ0n) is 6.82. The number of pyridine rings is 1. The van der Waals surface area contributed by atoms with Crippen LogP contribution < -0.4 is 0 Å². The largest absolute Gasteiger partial charge is 0.265 e. The smallest absolute Gasteiger partial charge is 0.259 e. The zero-order valence-corrected chi connectivity index (χ0v) is 9.99. The normalized spacial score (nSPS) is 10.9. The lowest BCUT2D eigenvalue weighted by atomic mass is 10.1. The first-order valence-electron chi connectivity index (χ1n) is 3.56. The van der Waals surface area contributed by atoms with Crippen LogP contribution in [-0.4, -0.2) is 4.98 Å². The second-order valence-electron chi connectivity index (χ2n) is 2.55. The fourth-order valence-corrected chi connectivity index (χ4v) is 2.52. The molecule has 0 atom stereocenters. The molecule has 1 rings (SSSR count). The fourth-order valence-electron chi connectivity index (χ4n) is 0.991. The summed E-state index contributed by atoms with van der Waals surface area (Å²) < 4.78 is 25.5. The number of alkyl halides is 3. The molecule has 0 aromatic carbocycles. The van der Waals surface area contributed by atoms with Gasteiger partial charge in [-0.3, -0.25) is 4.98 Å². The van der Waals surface area contributed by atoms with Crippen LogP contribution in [0.4, 0.5) is 8.78 Å². The highest BCUT2D eigenvalue weighted by atomic mass is 79.9. The van der Waals surface area contributed by atoms with Gasteiger partial charge >= 0.3 is 0 Å². The third-order valence-corrected chi connectivity index (χ3v) is 3.09. The van der Waals surface area contributed by atoms with Gasteiger partial charge in [0, 0.05) is 21.6 Å². The maximum atomic E-state index is 12.5. The van der Waals surface area contributed by atoms with Gasteiger partial charge in [0.25, 0.3) is 6.43 Å². The molecule has 0 saturated carbocycles. The molecule has 0 fully saturated rings. The summed E-state index contributed by atoms with van der Waals surface area (Å²) in [5, 5.41) is 0.466. The fraction of sp³-hybridized carbons (Fsp3) is 0.375. The van der Waals surface area contributed by atoms with Crippen molar-refractivity contribution in [3.63, 3.8) is 0 Å². The van der Waals surface area contributed by atoms with Crippen molar-refractivity contribution in [1.82, 2.24) is 4.98 Å². The second-order valence-corrected chi connectivity index (χ2v) is 3.90. The predicted molar refractivity (Wildman–Crippen MR) is 54.3 cm³/mol. The van der Waals surface area contributed by atoms with E-state index in [1.54, 1.807) is 6.92 Å². The number of aryl methyl sites for hydroxylation is 1. The second kappa shape index (κ2) is 4.46. The maximum absolute atomic E-state index is 12.5. The lowest BCUT2D eigenvalue weighted by molar-refractivity contribution is 0.149. The Bertz CT molecular complexity index is 315. The number of rotatable bonds is 2. The van der Waals surface area contributed by atoms with Crippen molar-refractivity contribution in [2.24, 2.45) is 0 Å². The minimum absolute atomic E-state index is 0.0319. The van der Waals surface area contributed by atoms with E-state index in [0.29, 0.717) is 21.1 Å². The summed E-state index contributed by atoms with van der Waals surface area (Å²) in [6, 6.07) is 0. The van der Waals surface area contributed by atoms with E-state index in [1.807, 2.05) is 0 Å². The highest BCUT2D eigenvalue weighted by molar-refractivity contribution is 9.10. The summed E-state index contributed by atoms with van der Waals surface area (Å²) in [7, 11) is 0. The molecule has 13 heavy (non-hydrogen) atoms. The Labute approximate surface area is 91.8 Å². The monoisotopic (exact) mass is 313 g/mol. The molecule has 0 N–H and O–H groups in total. The Morgan fingerprint density at radius 1 is 1.54 bits per heavy atom. The standard InChI is InChI=1S/C8H7Br2F2N/c1-4-3-13-5(2-9)7(10)6(4)8(11)12/h3,8H,2H2,1H3. The topological polar surface area (TPSA) is 12.9 Å². The number of aromatic nitrogens is 1. The first-order chi connectivity index (χ1) is 6.07. The van der Waals surface area contributed by atoms with Crippen LogP contribution in [0.3, 0.4) is 0 Å². The lowest BCUT2D eigenvalue weighted by Crippen LogP contribution is -1.97. The first-order valence-corrected chi connectivity index (χ1v) is 5.47. The Morgan fingerprint density at radius 2 is 2.15 bits per heavy atom. The summed E-state index contributed by atoms with van der Waals surface area (Å²) in [6.07, 6.45) is -1.00. The number of halogens is 4. The number of nitrogens with zero attached hydrogens (tertiary/aromatic N) is 1. The van der Waals surface area contributed by atoms with Crippen LogP contribution in [0.2, 0.25) is 0 Å². The molecule has 0 aliphatic heterocycles. The lowest BCUT2D eigenvalue weighted by Gasteiger charge is -2.09. The molecule has 0 aliphatic carbocycles.